The lowest BCUT2D eigenvalue weighted by atomic mass is 9.92. The molecule has 1 fully saturated rings. The van der Waals surface area contributed by atoms with Crippen LogP contribution < -0.4 is 5.73 Å². The number of hydrogen-bond acceptors (Lipinski definition) is 8. The van der Waals surface area contributed by atoms with E-state index < -0.39 is 18.6 Å². The van der Waals surface area contributed by atoms with Gasteiger partial charge in [-0.3, -0.25) is 14.8 Å². The normalized spacial score (nSPS) is 15.5. The molecule has 1 unspecified atom stereocenters. The molecule has 0 saturated carbocycles. The smallest absolute Gasteiger partial charge is 0.253 e. The van der Waals surface area contributed by atoms with Crippen LogP contribution in [0, 0.1) is 0 Å². The molecule has 0 spiro atoms. The Morgan fingerprint density at radius 2 is 1.97 bits per heavy atom. The zero-order chi connectivity index (χ0) is 24.5. The number of carbonyl (C=O) groups excluding carboxylic acids is 1. The lowest BCUT2D eigenvalue weighted by molar-refractivity contribution is -0.143. The SMILES string of the molecule is Nc1c(Br)c(C2CCN(C(=O)C(O)CO)CC2)nc2c(-c3ccc(-c4cccnc4)nc3)cnn12. The number of halogens is 1. The number of nitrogens with two attached hydrogens (primary N) is 1. The third kappa shape index (κ3) is 4.38. The van der Waals surface area contributed by atoms with Gasteiger partial charge in [0.1, 0.15) is 5.82 Å². The number of rotatable bonds is 5. The highest BCUT2D eigenvalue weighted by Gasteiger charge is 2.30. The molecule has 0 bridgehead atoms. The van der Waals surface area contributed by atoms with Gasteiger partial charge in [0, 0.05) is 54.3 Å². The number of piperidine rings is 1. The Morgan fingerprint density at radius 1 is 1.17 bits per heavy atom. The van der Waals surface area contributed by atoms with E-state index in [4.69, 9.17) is 15.8 Å². The summed E-state index contributed by atoms with van der Waals surface area (Å²) in [6, 6.07) is 7.74. The summed E-state index contributed by atoms with van der Waals surface area (Å²) in [5.74, 6) is 0.0690. The van der Waals surface area contributed by atoms with E-state index in [0.717, 1.165) is 28.1 Å². The van der Waals surface area contributed by atoms with Gasteiger partial charge < -0.3 is 20.8 Å². The molecule has 1 saturated heterocycles. The molecule has 11 heteroatoms. The summed E-state index contributed by atoms with van der Waals surface area (Å²) < 4.78 is 2.29. The third-order valence-corrected chi connectivity index (χ3v) is 7.14. The molecule has 5 heterocycles. The van der Waals surface area contributed by atoms with E-state index in [-0.39, 0.29) is 5.92 Å². The monoisotopic (exact) mass is 537 g/mol. The first-order valence-corrected chi connectivity index (χ1v) is 12.0. The fraction of sp³-hybridized carbons (Fsp3) is 0.292. The minimum atomic E-state index is -1.38. The summed E-state index contributed by atoms with van der Waals surface area (Å²) >= 11 is 3.60. The Kier molecular flexibility index (Phi) is 6.46. The van der Waals surface area contributed by atoms with E-state index in [1.807, 2.05) is 24.3 Å². The molecule has 1 aliphatic heterocycles. The van der Waals surface area contributed by atoms with Gasteiger partial charge in [-0.15, -0.1) is 0 Å². The van der Waals surface area contributed by atoms with Gasteiger partial charge in [0.15, 0.2) is 11.8 Å². The first-order chi connectivity index (χ1) is 17.0. The van der Waals surface area contributed by atoms with E-state index in [0.29, 0.717) is 41.9 Å². The predicted molar refractivity (Wildman–Crippen MR) is 133 cm³/mol. The zero-order valence-corrected chi connectivity index (χ0v) is 20.3. The molecule has 0 aromatic carbocycles. The van der Waals surface area contributed by atoms with Crippen molar-refractivity contribution in [3.63, 3.8) is 0 Å². The molecule has 4 aromatic rings. The number of amides is 1. The number of aliphatic hydroxyl groups is 2. The number of fused-ring (bicyclic) bond motifs is 1. The lowest BCUT2D eigenvalue weighted by Crippen LogP contribution is -2.44. The number of aliphatic hydroxyl groups excluding tert-OH is 2. The van der Waals surface area contributed by atoms with Crippen molar-refractivity contribution in [1.82, 2.24) is 29.5 Å². The van der Waals surface area contributed by atoms with Crippen molar-refractivity contribution < 1.29 is 15.0 Å². The fourth-order valence-corrected chi connectivity index (χ4v) is 4.97. The van der Waals surface area contributed by atoms with Crippen LogP contribution in [0.4, 0.5) is 5.82 Å². The van der Waals surface area contributed by atoms with E-state index in [2.05, 4.69) is 31.0 Å². The maximum absolute atomic E-state index is 12.2. The number of aromatic nitrogens is 5. The fourth-order valence-electron chi connectivity index (χ4n) is 4.39. The van der Waals surface area contributed by atoms with E-state index in [1.54, 1.807) is 34.2 Å². The van der Waals surface area contributed by atoms with Gasteiger partial charge in [-0.25, -0.2) is 4.98 Å². The zero-order valence-electron chi connectivity index (χ0n) is 18.8. The molecule has 35 heavy (non-hydrogen) atoms. The van der Waals surface area contributed by atoms with Crippen LogP contribution in [-0.2, 0) is 4.79 Å². The van der Waals surface area contributed by atoms with Crippen LogP contribution in [0.15, 0.2) is 53.5 Å². The molecule has 1 amide bonds. The number of nitrogens with zero attached hydrogens (tertiary/aromatic N) is 6. The van der Waals surface area contributed by atoms with Crippen LogP contribution in [-0.4, -0.2) is 71.4 Å². The summed E-state index contributed by atoms with van der Waals surface area (Å²) in [5, 5.41) is 23.2. The summed E-state index contributed by atoms with van der Waals surface area (Å²) in [6.07, 6.45) is 6.96. The Balaban J connectivity index is 1.44. The highest BCUT2D eigenvalue weighted by Crippen LogP contribution is 2.37. The van der Waals surface area contributed by atoms with Gasteiger partial charge in [0.2, 0.25) is 0 Å². The number of anilines is 1. The number of hydrogen-bond donors (Lipinski definition) is 3. The Hall–Kier alpha value is -3.41. The Labute approximate surface area is 209 Å². The second-order valence-corrected chi connectivity index (χ2v) is 9.25. The molecule has 0 aliphatic carbocycles. The van der Waals surface area contributed by atoms with Gasteiger partial charge in [-0.05, 0) is 47.0 Å². The first kappa shape index (κ1) is 23.3. The molecule has 4 N–H and O–H groups in total. The van der Waals surface area contributed by atoms with Crippen molar-refractivity contribution in [2.24, 2.45) is 0 Å². The number of likely N-dealkylation sites (tertiary alicyclic amines) is 1. The molecule has 1 atom stereocenters. The average Bonchev–Trinajstić information content (AvgIpc) is 3.34. The van der Waals surface area contributed by atoms with Crippen molar-refractivity contribution in [3.05, 3.63) is 59.2 Å². The third-order valence-electron chi connectivity index (χ3n) is 6.33. The van der Waals surface area contributed by atoms with E-state index in [9.17, 15) is 9.90 Å². The van der Waals surface area contributed by atoms with Crippen LogP contribution in [0.3, 0.4) is 0 Å². The maximum Gasteiger partial charge on any atom is 0.253 e. The van der Waals surface area contributed by atoms with Gasteiger partial charge in [-0.2, -0.15) is 9.61 Å². The van der Waals surface area contributed by atoms with E-state index >= 15 is 0 Å². The highest BCUT2D eigenvalue weighted by molar-refractivity contribution is 9.10. The van der Waals surface area contributed by atoms with Crippen molar-refractivity contribution in [3.8, 4) is 22.4 Å². The van der Waals surface area contributed by atoms with Crippen LogP contribution >= 0.6 is 15.9 Å². The average molecular weight is 538 g/mol. The number of pyridine rings is 2. The lowest BCUT2D eigenvalue weighted by Gasteiger charge is -2.33. The van der Waals surface area contributed by atoms with Gasteiger partial charge in [0.05, 0.1) is 28.7 Å². The standard InChI is InChI=1S/C24H24BrN7O3/c25-20-21(14-5-8-31(9-6-14)24(35)19(34)13-33)30-23-17(12-29-32(23)22(20)26)15-3-4-18(28-11-15)16-2-1-7-27-10-16/h1-4,7,10-12,14,19,33-34H,5-6,8-9,13,26H2. The minimum absolute atomic E-state index is 0.0702. The molecular weight excluding hydrogens is 514 g/mol. The Morgan fingerprint density at radius 3 is 2.63 bits per heavy atom. The molecule has 5 rings (SSSR count). The molecular formula is C24H24BrN7O3. The second-order valence-electron chi connectivity index (χ2n) is 8.46. The minimum Gasteiger partial charge on any atom is -0.393 e. The van der Waals surface area contributed by atoms with Gasteiger partial charge >= 0.3 is 0 Å². The molecule has 0 radical (unpaired) electrons. The molecule has 1 aliphatic rings. The van der Waals surface area contributed by atoms with Crippen LogP contribution in [0.25, 0.3) is 28.0 Å². The van der Waals surface area contributed by atoms with Crippen LogP contribution in [0.1, 0.15) is 24.5 Å². The van der Waals surface area contributed by atoms with Crippen molar-refractivity contribution in [2.75, 3.05) is 25.4 Å². The summed E-state index contributed by atoms with van der Waals surface area (Å²) in [6.45, 7) is 0.346. The summed E-state index contributed by atoms with van der Waals surface area (Å²) in [4.78, 5) is 27.5. The van der Waals surface area contributed by atoms with Gasteiger partial charge in [-0.1, -0.05) is 6.07 Å². The topological polar surface area (TPSA) is 143 Å². The van der Waals surface area contributed by atoms with Gasteiger partial charge in [0.25, 0.3) is 5.91 Å². The Bertz CT molecular complexity index is 1350. The molecule has 180 valence electrons. The second kappa shape index (κ2) is 9.68. The van der Waals surface area contributed by atoms with Crippen molar-refractivity contribution >= 4 is 33.3 Å². The largest absolute Gasteiger partial charge is 0.393 e. The number of carbonyl (C=O) groups is 1. The molecule has 4 aromatic heterocycles. The van der Waals surface area contributed by atoms with E-state index in [1.165, 1.54) is 0 Å². The number of nitrogen functional groups attached to an aromatic ring is 1. The molecule has 10 nitrogen and oxygen atoms in total. The summed E-state index contributed by atoms with van der Waals surface area (Å²) in [7, 11) is 0. The highest BCUT2D eigenvalue weighted by atomic mass is 79.9. The van der Waals surface area contributed by atoms with Crippen LogP contribution in [0.5, 0.6) is 0 Å². The summed E-state index contributed by atoms with van der Waals surface area (Å²) in [5.41, 5.74) is 11.3. The van der Waals surface area contributed by atoms with Crippen molar-refractivity contribution in [2.45, 2.75) is 24.9 Å². The van der Waals surface area contributed by atoms with Crippen LogP contribution in [0.2, 0.25) is 0 Å². The first-order valence-electron chi connectivity index (χ1n) is 11.2. The predicted octanol–water partition coefficient (Wildman–Crippen LogP) is 2.26. The quantitative estimate of drug-likeness (QED) is 0.351. The maximum atomic E-state index is 12.2. The van der Waals surface area contributed by atoms with Crippen molar-refractivity contribution in [1.29, 1.82) is 0 Å².